The van der Waals surface area contributed by atoms with Crippen LogP contribution in [-0.2, 0) is 0 Å². The zero-order chi connectivity index (χ0) is 9.97. The van der Waals surface area contributed by atoms with Crippen molar-refractivity contribution in [3.05, 3.63) is 35.4 Å². The van der Waals surface area contributed by atoms with E-state index >= 15 is 0 Å². The van der Waals surface area contributed by atoms with Gasteiger partial charge in [-0.05, 0) is 43.0 Å². The number of halogens is 2. The molecule has 0 radical (unpaired) electrons. The Balaban J connectivity index is 2.18. The molecule has 0 saturated carbocycles. The second kappa shape index (κ2) is 4.05. The molecule has 3 heteroatoms. The molecule has 0 bridgehead atoms. The predicted octanol–water partition coefficient (Wildman–Crippen LogP) is 2.43. The Morgan fingerprint density at radius 2 is 2.07 bits per heavy atom. The molecular weight excluding hydrogens is 184 g/mol. The van der Waals surface area contributed by atoms with Crippen molar-refractivity contribution in [1.82, 2.24) is 5.32 Å². The van der Waals surface area contributed by atoms with Gasteiger partial charge in [0.15, 0.2) is 11.6 Å². The van der Waals surface area contributed by atoms with E-state index in [0.717, 1.165) is 31.5 Å². The van der Waals surface area contributed by atoms with Crippen molar-refractivity contribution in [2.24, 2.45) is 0 Å². The topological polar surface area (TPSA) is 12.0 Å². The lowest BCUT2D eigenvalue weighted by atomic mass is 9.92. The Kier molecular flexibility index (Phi) is 2.77. The van der Waals surface area contributed by atoms with E-state index in [0.29, 0.717) is 5.92 Å². The lowest BCUT2D eigenvalue weighted by Gasteiger charge is -2.23. The third-order valence-electron chi connectivity index (χ3n) is 2.71. The van der Waals surface area contributed by atoms with Crippen molar-refractivity contribution in [1.29, 1.82) is 0 Å². The predicted molar refractivity (Wildman–Crippen MR) is 51.2 cm³/mol. The molecule has 76 valence electrons. The van der Waals surface area contributed by atoms with Gasteiger partial charge in [0.05, 0.1) is 0 Å². The molecule has 2 rings (SSSR count). The van der Waals surface area contributed by atoms with Gasteiger partial charge < -0.3 is 5.32 Å². The smallest absolute Gasteiger partial charge is 0.159 e. The second-order valence-electron chi connectivity index (χ2n) is 3.72. The molecular formula is C11H13F2N. The maximum Gasteiger partial charge on any atom is 0.159 e. The van der Waals surface area contributed by atoms with Crippen LogP contribution in [0.2, 0.25) is 0 Å². The molecule has 1 aromatic carbocycles. The molecule has 1 nitrogen and oxygen atoms in total. The summed E-state index contributed by atoms with van der Waals surface area (Å²) in [6, 6.07) is 4.20. The van der Waals surface area contributed by atoms with Crippen molar-refractivity contribution < 1.29 is 8.78 Å². The maximum absolute atomic E-state index is 12.9. The van der Waals surface area contributed by atoms with Crippen LogP contribution >= 0.6 is 0 Å². The van der Waals surface area contributed by atoms with Gasteiger partial charge in [0.2, 0.25) is 0 Å². The average Bonchev–Trinajstić information content (AvgIpc) is 2.23. The van der Waals surface area contributed by atoms with Gasteiger partial charge in [-0.25, -0.2) is 8.78 Å². The number of piperidine rings is 1. The molecule has 0 spiro atoms. The zero-order valence-electron chi connectivity index (χ0n) is 7.89. The molecule has 0 aromatic heterocycles. The van der Waals surface area contributed by atoms with Crippen LogP contribution in [0.5, 0.6) is 0 Å². The van der Waals surface area contributed by atoms with Crippen LogP contribution in [-0.4, -0.2) is 13.1 Å². The summed E-state index contributed by atoms with van der Waals surface area (Å²) < 4.78 is 25.6. The first-order valence-electron chi connectivity index (χ1n) is 4.93. The molecule has 1 unspecified atom stereocenters. The summed E-state index contributed by atoms with van der Waals surface area (Å²) >= 11 is 0. The van der Waals surface area contributed by atoms with Gasteiger partial charge in [-0.3, -0.25) is 0 Å². The number of rotatable bonds is 1. The minimum Gasteiger partial charge on any atom is -0.316 e. The van der Waals surface area contributed by atoms with Crippen molar-refractivity contribution in [2.45, 2.75) is 18.8 Å². The first-order chi connectivity index (χ1) is 6.77. The molecule has 1 N–H and O–H groups in total. The van der Waals surface area contributed by atoms with E-state index in [1.807, 2.05) is 0 Å². The van der Waals surface area contributed by atoms with Crippen LogP contribution in [0.3, 0.4) is 0 Å². The zero-order valence-corrected chi connectivity index (χ0v) is 7.89. The van der Waals surface area contributed by atoms with Gasteiger partial charge in [-0.1, -0.05) is 6.07 Å². The second-order valence-corrected chi connectivity index (χ2v) is 3.72. The highest BCUT2D eigenvalue weighted by molar-refractivity contribution is 5.22. The summed E-state index contributed by atoms with van der Waals surface area (Å²) in [6.07, 6.45) is 2.15. The largest absolute Gasteiger partial charge is 0.316 e. The Bertz CT molecular complexity index is 319. The van der Waals surface area contributed by atoms with Crippen molar-refractivity contribution in [2.75, 3.05) is 13.1 Å². The Morgan fingerprint density at radius 3 is 2.71 bits per heavy atom. The van der Waals surface area contributed by atoms with Crippen molar-refractivity contribution in [3.8, 4) is 0 Å². The fourth-order valence-corrected chi connectivity index (χ4v) is 1.90. The molecule has 1 fully saturated rings. The van der Waals surface area contributed by atoms with E-state index in [4.69, 9.17) is 0 Å². The molecule has 1 aliphatic heterocycles. The lowest BCUT2D eigenvalue weighted by molar-refractivity contribution is 0.455. The number of hydrogen-bond acceptors (Lipinski definition) is 1. The van der Waals surface area contributed by atoms with E-state index in [9.17, 15) is 8.78 Å². The van der Waals surface area contributed by atoms with Crippen LogP contribution in [0.25, 0.3) is 0 Å². The maximum atomic E-state index is 12.9. The Morgan fingerprint density at radius 1 is 1.21 bits per heavy atom. The highest BCUT2D eigenvalue weighted by Gasteiger charge is 2.16. The van der Waals surface area contributed by atoms with E-state index in [1.54, 1.807) is 6.07 Å². The third kappa shape index (κ3) is 1.93. The van der Waals surface area contributed by atoms with Crippen LogP contribution in [0.15, 0.2) is 18.2 Å². The van der Waals surface area contributed by atoms with E-state index in [1.165, 1.54) is 12.1 Å². The van der Waals surface area contributed by atoms with Gasteiger partial charge in [0.25, 0.3) is 0 Å². The lowest BCUT2D eigenvalue weighted by Crippen LogP contribution is -2.28. The minimum atomic E-state index is -0.766. The molecule has 0 amide bonds. The first kappa shape index (κ1) is 9.59. The number of nitrogens with one attached hydrogen (secondary N) is 1. The van der Waals surface area contributed by atoms with Gasteiger partial charge >= 0.3 is 0 Å². The summed E-state index contributed by atoms with van der Waals surface area (Å²) in [5.74, 6) is -1.18. The molecule has 1 saturated heterocycles. The normalized spacial score (nSPS) is 22.3. The first-order valence-corrected chi connectivity index (χ1v) is 4.93. The van der Waals surface area contributed by atoms with E-state index in [2.05, 4.69) is 5.32 Å². The van der Waals surface area contributed by atoms with Crippen LogP contribution in [0, 0.1) is 11.6 Å². The summed E-state index contributed by atoms with van der Waals surface area (Å²) in [7, 11) is 0. The summed E-state index contributed by atoms with van der Waals surface area (Å²) in [4.78, 5) is 0. The quantitative estimate of drug-likeness (QED) is 0.729. The van der Waals surface area contributed by atoms with Gasteiger partial charge in [0.1, 0.15) is 0 Å². The molecule has 0 aliphatic carbocycles. The monoisotopic (exact) mass is 197 g/mol. The summed E-state index contributed by atoms with van der Waals surface area (Å²) in [5, 5.41) is 3.25. The SMILES string of the molecule is Fc1ccc(C2CCCNC2)cc1F. The Labute approximate surface area is 82.1 Å². The number of hydrogen-bond donors (Lipinski definition) is 1. The van der Waals surface area contributed by atoms with Crippen LogP contribution < -0.4 is 5.32 Å². The van der Waals surface area contributed by atoms with Gasteiger partial charge in [-0.15, -0.1) is 0 Å². The van der Waals surface area contributed by atoms with Crippen molar-refractivity contribution in [3.63, 3.8) is 0 Å². The van der Waals surface area contributed by atoms with Gasteiger partial charge in [-0.2, -0.15) is 0 Å². The standard InChI is InChI=1S/C11H13F2N/c12-10-4-3-8(6-11(10)13)9-2-1-5-14-7-9/h3-4,6,9,14H,1-2,5,7H2. The average molecular weight is 197 g/mol. The number of benzene rings is 1. The fraction of sp³-hybridized carbons (Fsp3) is 0.455. The third-order valence-corrected chi connectivity index (χ3v) is 2.71. The Hall–Kier alpha value is -0.960. The molecule has 1 atom stereocenters. The molecule has 14 heavy (non-hydrogen) atoms. The highest BCUT2D eigenvalue weighted by Crippen LogP contribution is 2.24. The van der Waals surface area contributed by atoms with E-state index < -0.39 is 11.6 Å². The van der Waals surface area contributed by atoms with Crippen LogP contribution in [0.4, 0.5) is 8.78 Å². The van der Waals surface area contributed by atoms with Gasteiger partial charge in [0, 0.05) is 6.54 Å². The molecule has 1 heterocycles. The summed E-state index contributed by atoms with van der Waals surface area (Å²) in [5.41, 5.74) is 0.899. The van der Waals surface area contributed by atoms with Crippen LogP contribution in [0.1, 0.15) is 24.3 Å². The highest BCUT2D eigenvalue weighted by atomic mass is 19.2. The fourth-order valence-electron chi connectivity index (χ4n) is 1.90. The minimum absolute atomic E-state index is 0.332. The molecule has 1 aliphatic rings. The van der Waals surface area contributed by atoms with Crippen molar-refractivity contribution >= 4 is 0 Å². The molecule has 1 aromatic rings. The summed E-state index contributed by atoms with van der Waals surface area (Å²) in [6.45, 7) is 1.89. The van der Waals surface area contributed by atoms with E-state index in [-0.39, 0.29) is 0 Å².